The summed E-state index contributed by atoms with van der Waals surface area (Å²) < 4.78 is 46.4. The topological polar surface area (TPSA) is 88.8 Å². The maximum atomic E-state index is 13.4. The van der Waals surface area contributed by atoms with Crippen molar-refractivity contribution in [1.29, 1.82) is 5.26 Å². The number of hydrogen-bond acceptors (Lipinski definition) is 8. The Balaban J connectivity index is 1.35. The number of aromatic nitrogens is 2. The molecule has 3 aliphatic heterocycles. The smallest absolute Gasteiger partial charge is 0.421 e. The van der Waals surface area contributed by atoms with Gasteiger partial charge in [0.15, 0.2) is 0 Å². The Hall–Kier alpha value is -4.08. The van der Waals surface area contributed by atoms with Gasteiger partial charge in [-0.2, -0.15) is 28.4 Å². The van der Waals surface area contributed by atoms with Crippen molar-refractivity contribution < 1.29 is 22.7 Å². The first kappa shape index (κ1) is 32.8. The molecule has 1 aromatic heterocycles. The average molecular weight is 668 g/mol. The Labute approximate surface area is 277 Å². The van der Waals surface area contributed by atoms with E-state index in [-0.39, 0.29) is 38.1 Å². The van der Waals surface area contributed by atoms with Crippen molar-refractivity contribution >= 4 is 39.8 Å². The maximum absolute atomic E-state index is 13.4. The van der Waals surface area contributed by atoms with Crippen LogP contribution in [0.5, 0.6) is 6.01 Å². The summed E-state index contributed by atoms with van der Waals surface area (Å²) in [5, 5.41) is 12.2. The second-order valence-corrected chi connectivity index (χ2v) is 12.8. The van der Waals surface area contributed by atoms with Crippen molar-refractivity contribution in [3.63, 3.8) is 0 Å². The van der Waals surface area contributed by atoms with E-state index < -0.39 is 23.7 Å². The van der Waals surface area contributed by atoms with Gasteiger partial charge in [-0.15, -0.1) is 0 Å². The van der Waals surface area contributed by atoms with Gasteiger partial charge in [-0.1, -0.05) is 42.4 Å². The lowest BCUT2D eigenvalue weighted by Gasteiger charge is -2.42. The van der Waals surface area contributed by atoms with Crippen LogP contribution in [0.2, 0.25) is 5.02 Å². The summed E-state index contributed by atoms with van der Waals surface area (Å²) in [5.74, 6) is -0.569. The molecule has 2 saturated heterocycles. The molecular weight excluding hydrogens is 631 g/mol. The molecule has 3 aliphatic rings. The number of carbonyl (C=O) groups excluding carboxylic acids is 1. The lowest BCUT2D eigenvalue weighted by Crippen LogP contribution is -2.56. The van der Waals surface area contributed by atoms with Crippen molar-refractivity contribution in [1.82, 2.24) is 19.8 Å². The number of benzene rings is 2. The van der Waals surface area contributed by atoms with E-state index in [9.17, 15) is 23.2 Å². The van der Waals surface area contributed by atoms with Crippen LogP contribution >= 0.6 is 11.6 Å². The summed E-state index contributed by atoms with van der Waals surface area (Å²) in [6.45, 7) is 6.00. The number of alkyl halides is 3. The molecule has 6 rings (SSSR count). The van der Waals surface area contributed by atoms with Crippen molar-refractivity contribution in [3.05, 3.63) is 64.8 Å². The number of anilines is 2. The molecule has 0 N–H and O–H groups in total. The fourth-order valence-electron chi connectivity index (χ4n) is 6.91. The van der Waals surface area contributed by atoms with Crippen LogP contribution in [0.25, 0.3) is 10.8 Å². The summed E-state index contributed by atoms with van der Waals surface area (Å²) in [4.78, 5) is 30.3. The van der Waals surface area contributed by atoms with Crippen LogP contribution < -0.4 is 14.5 Å². The standard InChI is InChI=1S/C34H37ClF3N7O2/c1-22(34(36,37)38)32(46)45-18-17-44(19-24(45)13-14-39)31-26-10-6-16-43(29-12-4-8-23-7-3-11-27(35)30(23)29)20-28(26)40-33(41-31)47-21-25-9-5-15-42(25)2/h3-4,7-8,11-12,24-25H,1,5-6,9-10,13,15-21H2,2H3/t24-,25-/m0/s1. The number of nitrogens with zero attached hydrogens (tertiary/aromatic N) is 7. The first-order valence-corrected chi connectivity index (χ1v) is 16.3. The Morgan fingerprint density at radius 3 is 2.60 bits per heavy atom. The summed E-state index contributed by atoms with van der Waals surface area (Å²) in [5.41, 5.74) is 1.29. The third-order valence-corrected chi connectivity index (χ3v) is 9.78. The molecule has 0 unspecified atom stereocenters. The number of amides is 1. The number of likely N-dealkylation sites (tertiary alicyclic amines) is 1. The zero-order valence-electron chi connectivity index (χ0n) is 26.3. The Morgan fingerprint density at radius 2 is 1.87 bits per heavy atom. The molecular formula is C34H37ClF3N7O2. The lowest BCUT2D eigenvalue weighted by molar-refractivity contribution is -0.141. The molecule has 0 aliphatic carbocycles. The summed E-state index contributed by atoms with van der Waals surface area (Å²) in [7, 11) is 2.07. The molecule has 1 amide bonds. The Bertz CT molecular complexity index is 1710. The Kier molecular flexibility index (Phi) is 9.48. The fourth-order valence-corrected chi connectivity index (χ4v) is 7.19. The van der Waals surface area contributed by atoms with E-state index in [4.69, 9.17) is 26.3 Å². The van der Waals surface area contributed by atoms with Crippen LogP contribution in [0.1, 0.15) is 36.9 Å². The molecule has 248 valence electrons. The van der Waals surface area contributed by atoms with Crippen molar-refractivity contribution in [2.24, 2.45) is 0 Å². The number of ether oxygens (including phenoxy) is 1. The minimum Gasteiger partial charge on any atom is -0.462 e. The maximum Gasteiger partial charge on any atom is 0.421 e. The van der Waals surface area contributed by atoms with E-state index in [0.29, 0.717) is 30.4 Å². The predicted molar refractivity (Wildman–Crippen MR) is 175 cm³/mol. The van der Waals surface area contributed by atoms with Gasteiger partial charge in [0.1, 0.15) is 18.0 Å². The van der Waals surface area contributed by atoms with E-state index in [1.807, 2.05) is 41.3 Å². The monoisotopic (exact) mass is 667 g/mol. The van der Waals surface area contributed by atoms with E-state index in [1.54, 1.807) is 0 Å². The Morgan fingerprint density at radius 1 is 1.09 bits per heavy atom. The van der Waals surface area contributed by atoms with Gasteiger partial charge in [-0.25, -0.2) is 0 Å². The molecule has 13 heteroatoms. The molecule has 0 spiro atoms. The number of carbonyl (C=O) groups is 1. The first-order chi connectivity index (χ1) is 22.5. The molecule has 47 heavy (non-hydrogen) atoms. The molecule has 3 aromatic rings. The van der Waals surface area contributed by atoms with Gasteiger partial charge >= 0.3 is 12.2 Å². The summed E-state index contributed by atoms with van der Waals surface area (Å²) in [6.07, 6.45) is -1.42. The SMILES string of the molecule is C=C(C(=O)N1CCN(c2nc(OC[C@@H]3CCCN3C)nc3c2CCCN(c2cccc4cccc(Cl)c24)C3)C[C@@H]1CC#N)C(F)(F)F. The summed E-state index contributed by atoms with van der Waals surface area (Å²) in [6, 6.07) is 13.7. The number of nitriles is 1. The highest BCUT2D eigenvalue weighted by Gasteiger charge is 2.42. The number of piperazine rings is 1. The summed E-state index contributed by atoms with van der Waals surface area (Å²) >= 11 is 6.71. The van der Waals surface area contributed by atoms with Crippen LogP contribution in [0.4, 0.5) is 24.7 Å². The molecule has 0 bridgehead atoms. The highest BCUT2D eigenvalue weighted by Crippen LogP contribution is 2.37. The van der Waals surface area contributed by atoms with Crippen molar-refractivity contribution in [2.45, 2.75) is 56.9 Å². The highest BCUT2D eigenvalue weighted by atomic mass is 35.5. The van der Waals surface area contributed by atoms with E-state index in [2.05, 4.69) is 29.5 Å². The lowest BCUT2D eigenvalue weighted by atomic mass is 10.0. The minimum atomic E-state index is -4.85. The van der Waals surface area contributed by atoms with Crippen LogP contribution in [0.3, 0.4) is 0 Å². The van der Waals surface area contributed by atoms with Crippen LogP contribution in [0, 0.1) is 11.3 Å². The predicted octanol–water partition coefficient (Wildman–Crippen LogP) is 5.76. The zero-order valence-corrected chi connectivity index (χ0v) is 27.0. The highest BCUT2D eigenvalue weighted by molar-refractivity contribution is 6.36. The second-order valence-electron chi connectivity index (χ2n) is 12.4. The molecule has 0 radical (unpaired) electrons. The third kappa shape index (κ3) is 6.83. The molecule has 9 nitrogen and oxygen atoms in total. The van der Waals surface area contributed by atoms with Crippen molar-refractivity contribution in [2.75, 3.05) is 56.2 Å². The third-order valence-electron chi connectivity index (χ3n) is 9.47. The number of halogens is 4. The van der Waals surface area contributed by atoms with Crippen LogP contribution in [0.15, 0.2) is 48.6 Å². The van der Waals surface area contributed by atoms with Gasteiger partial charge in [0.25, 0.3) is 5.91 Å². The largest absolute Gasteiger partial charge is 0.462 e. The molecule has 2 atom stereocenters. The normalized spacial score (nSPS) is 20.6. The van der Waals surface area contributed by atoms with E-state index in [1.165, 1.54) is 0 Å². The zero-order chi connectivity index (χ0) is 33.3. The fraction of sp³-hybridized carbons (Fsp3) is 0.471. The van der Waals surface area contributed by atoms with E-state index in [0.717, 1.165) is 65.0 Å². The number of hydrogen-bond donors (Lipinski definition) is 0. The molecule has 0 saturated carbocycles. The van der Waals surface area contributed by atoms with Crippen LogP contribution in [-0.2, 0) is 17.8 Å². The van der Waals surface area contributed by atoms with E-state index >= 15 is 0 Å². The van der Waals surface area contributed by atoms with Crippen LogP contribution in [-0.4, -0.2) is 90.3 Å². The van der Waals surface area contributed by atoms with Gasteiger partial charge in [0, 0.05) is 48.9 Å². The van der Waals surface area contributed by atoms with Crippen molar-refractivity contribution in [3.8, 4) is 12.1 Å². The molecule has 2 fully saturated rings. The number of likely N-dealkylation sites (N-methyl/N-ethyl adjacent to an activating group) is 1. The quantitative estimate of drug-likeness (QED) is 0.294. The van der Waals surface area contributed by atoms with Gasteiger partial charge in [-0.3, -0.25) is 4.79 Å². The number of rotatable bonds is 7. The number of fused-ring (bicyclic) bond motifs is 2. The molecule has 2 aromatic carbocycles. The van der Waals surface area contributed by atoms with Gasteiger partial charge < -0.3 is 24.3 Å². The van der Waals surface area contributed by atoms with Gasteiger partial charge in [-0.05, 0) is 56.8 Å². The molecule has 4 heterocycles. The van der Waals surface area contributed by atoms with Gasteiger partial charge in [0.2, 0.25) is 0 Å². The average Bonchev–Trinajstić information content (AvgIpc) is 3.34. The minimum absolute atomic E-state index is 0.0112. The van der Waals surface area contributed by atoms with Gasteiger partial charge in [0.05, 0.1) is 35.8 Å². The second kappa shape index (κ2) is 13.6. The first-order valence-electron chi connectivity index (χ1n) is 15.9.